The number of carbonyl (C=O) groups excluding carboxylic acids is 1. The fourth-order valence-corrected chi connectivity index (χ4v) is 10.4. The molecule has 2 unspecified atom stereocenters. The van der Waals surface area contributed by atoms with Crippen LogP contribution < -0.4 is 0 Å². The zero-order chi connectivity index (χ0) is 44.9. The van der Waals surface area contributed by atoms with Crippen molar-refractivity contribution in [3.63, 3.8) is 0 Å². The highest BCUT2D eigenvalue weighted by Crippen LogP contribution is 2.45. The largest absolute Gasteiger partial charge is 0.464 e. The molecule has 5 aliphatic heterocycles. The zero-order valence-electron chi connectivity index (χ0n) is 38.7. The molecule has 1 spiro atoms. The summed E-state index contributed by atoms with van der Waals surface area (Å²) < 4.78 is 62.7. The van der Waals surface area contributed by atoms with Crippen molar-refractivity contribution < 1.29 is 67.5 Å². The molecule has 62 heavy (non-hydrogen) atoms. The molecule has 19 atom stereocenters. The molecule has 0 amide bonds. The number of hydrogen-bond acceptors (Lipinski definition) is 14. The van der Waals surface area contributed by atoms with Crippen molar-refractivity contribution in [2.75, 3.05) is 20.8 Å². The molecule has 0 aromatic carbocycles. The van der Waals surface area contributed by atoms with Crippen LogP contribution in [0.25, 0.3) is 0 Å². The maximum absolute atomic E-state index is 11.6. The first-order chi connectivity index (χ1) is 29.5. The molecule has 0 aromatic heterocycles. The minimum absolute atomic E-state index is 0.0564. The number of methoxy groups -OCH3 is 2. The van der Waals surface area contributed by atoms with E-state index in [1.165, 1.54) is 0 Å². The van der Waals surface area contributed by atoms with Crippen LogP contribution in [0, 0.1) is 17.8 Å². The van der Waals surface area contributed by atoms with Crippen LogP contribution in [0.3, 0.4) is 0 Å². The van der Waals surface area contributed by atoms with E-state index < -0.39 is 72.8 Å². The molecule has 5 fully saturated rings. The van der Waals surface area contributed by atoms with Crippen LogP contribution in [-0.2, 0) is 52.2 Å². The van der Waals surface area contributed by atoms with Gasteiger partial charge in [0.2, 0.25) is 0 Å². The normalized spacial score (nSPS) is 43.9. The van der Waals surface area contributed by atoms with Crippen LogP contribution in [0.1, 0.15) is 113 Å². The molecule has 5 heterocycles. The molecule has 1 aliphatic carbocycles. The summed E-state index contributed by atoms with van der Waals surface area (Å²) >= 11 is 0. The van der Waals surface area contributed by atoms with Crippen molar-refractivity contribution in [2.45, 2.75) is 210 Å². The lowest BCUT2D eigenvalue weighted by Gasteiger charge is -2.50. The van der Waals surface area contributed by atoms with Gasteiger partial charge >= 0.3 is 0 Å². The highest BCUT2D eigenvalue weighted by atomic mass is 16.7. The van der Waals surface area contributed by atoms with Gasteiger partial charge in [0, 0.05) is 58.7 Å². The minimum atomic E-state index is -1.28. The molecular formula is C48H76O14. The highest BCUT2D eigenvalue weighted by Gasteiger charge is 2.52. The Bertz CT molecular complexity index is 1590. The fraction of sp³-hybridized carbons (Fsp3) is 0.812. The first-order valence-electron chi connectivity index (χ1n) is 23.1. The lowest BCUT2D eigenvalue weighted by Crippen LogP contribution is -2.55. The van der Waals surface area contributed by atoms with Crippen LogP contribution >= 0.6 is 0 Å². The van der Waals surface area contributed by atoms with E-state index in [0.29, 0.717) is 62.4 Å². The van der Waals surface area contributed by atoms with Crippen molar-refractivity contribution in [3.8, 4) is 0 Å². The molecule has 6 rings (SSSR count). The van der Waals surface area contributed by atoms with Crippen molar-refractivity contribution in [3.05, 3.63) is 47.1 Å². The van der Waals surface area contributed by atoms with Crippen molar-refractivity contribution >= 4 is 6.47 Å². The Balaban J connectivity index is 1.20. The first-order valence-corrected chi connectivity index (χ1v) is 23.1. The van der Waals surface area contributed by atoms with Crippen molar-refractivity contribution in [1.29, 1.82) is 0 Å². The Kier molecular flexibility index (Phi) is 17.1. The second-order valence-corrected chi connectivity index (χ2v) is 19.0. The summed E-state index contributed by atoms with van der Waals surface area (Å²) in [5, 5.41) is 32.9. The molecule has 14 heteroatoms. The number of hydrogen-bond donors (Lipinski definition) is 3. The molecule has 3 N–H and O–H groups in total. The molecule has 0 bridgehead atoms. The lowest BCUT2D eigenvalue weighted by atomic mass is 9.78. The molecule has 0 saturated carbocycles. The number of fused-ring (bicyclic) bond motifs is 1. The number of aliphatic hydroxyl groups excluding tert-OH is 2. The molecule has 352 valence electrons. The highest BCUT2D eigenvalue weighted by molar-refractivity contribution is 5.37. The Labute approximate surface area is 369 Å². The van der Waals surface area contributed by atoms with Gasteiger partial charge in [0.15, 0.2) is 18.4 Å². The standard InChI is InChI=1S/C48H76O14/c1-11-27(2)44-31(6)17-19-47(62-44)24-36(56-26-49)21-35(61-47)16-15-30(5)43(29(4)13-12-14-34-25-55-46-41(50)28(3)18-20-48(34,46)52)59-40-23-38(54-10)45(33(8)58-40)60-39-22-37(53-9)42(51)32(7)57-39/h12-15,18,26-27,29,31-33,35-46,50-52H,11,16-17,19-25H2,1-10H3/b13-12+,30-15+,34-14+/t27-,29-,31-,32-,33-,35+,36-,37-,38-,39-,40-,41+,42-,43-,44?,45-,46+,47+,48?/m0/s1. The first kappa shape index (κ1) is 49.4. The van der Waals surface area contributed by atoms with E-state index >= 15 is 0 Å². The predicted molar refractivity (Wildman–Crippen MR) is 230 cm³/mol. The summed E-state index contributed by atoms with van der Waals surface area (Å²) in [6.45, 7) is 17.1. The number of rotatable bonds is 16. The van der Waals surface area contributed by atoms with Crippen LogP contribution in [0.2, 0.25) is 0 Å². The van der Waals surface area contributed by atoms with E-state index in [1.54, 1.807) is 21.1 Å². The monoisotopic (exact) mass is 877 g/mol. The van der Waals surface area contributed by atoms with Gasteiger partial charge in [0.25, 0.3) is 6.47 Å². The smallest absolute Gasteiger partial charge is 0.293 e. The summed E-state index contributed by atoms with van der Waals surface area (Å²) in [6.07, 6.45) is 8.63. The zero-order valence-corrected chi connectivity index (χ0v) is 38.7. The quantitative estimate of drug-likeness (QED) is 0.122. The van der Waals surface area contributed by atoms with Crippen molar-refractivity contribution in [1.82, 2.24) is 0 Å². The van der Waals surface area contributed by atoms with Crippen molar-refractivity contribution in [2.24, 2.45) is 17.8 Å². The van der Waals surface area contributed by atoms with Gasteiger partial charge in [-0.15, -0.1) is 0 Å². The minimum Gasteiger partial charge on any atom is -0.464 e. The van der Waals surface area contributed by atoms with Gasteiger partial charge in [0.1, 0.15) is 36.1 Å². The van der Waals surface area contributed by atoms with Crippen LogP contribution in [0.4, 0.5) is 0 Å². The van der Waals surface area contributed by atoms with Gasteiger partial charge in [-0.05, 0) is 69.1 Å². The van der Waals surface area contributed by atoms with Crippen LogP contribution in [0.15, 0.2) is 47.1 Å². The van der Waals surface area contributed by atoms with E-state index in [-0.39, 0.29) is 36.9 Å². The third-order valence-electron chi connectivity index (χ3n) is 14.6. The van der Waals surface area contributed by atoms with Crippen LogP contribution in [0.5, 0.6) is 0 Å². The topological polar surface area (TPSA) is 170 Å². The van der Waals surface area contributed by atoms with Gasteiger partial charge in [-0.25, -0.2) is 0 Å². The maximum Gasteiger partial charge on any atom is 0.293 e. The second-order valence-electron chi connectivity index (χ2n) is 19.0. The number of aliphatic hydroxyl groups is 3. The molecule has 5 saturated heterocycles. The number of ether oxygens (including phenoxy) is 10. The average molecular weight is 877 g/mol. The molecule has 0 aromatic rings. The van der Waals surface area contributed by atoms with E-state index in [9.17, 15) is 20.1 Å². The molecule has 0 radical (unpaired) electrons. The maximum atomic E-state index is 11.6. The fourth-order valence-electron chi connectivity index (χ4n) is 10.4. The van der Waals surface area contributed by atoms with E-state index in [4.69, 9.17) is 47.4 Å². The van der Waals surface area contributed by atoms with E-state index in [2.05, 4.69) is 33.8 Å². The van der Waals surface area contributed by atoms with Gasteiger partial charge in [-0.1, -0.05) is 64.5 Å². The Morgan fingerprint density at radius 1 is 1.02 bits per heavy atom. The third-order valence-corrected chi connectivity index (χ3v) is 14.6. The summed E-state index contributed by atoms with van der Waals surface area (Å²) in [7, 11) is 3.22. The van der Waals surface area contributed by atoms with E-state index in [1.807, 2.05) is 45.1 Å². The molecule has 14 nitrogen and oxygen atoms in total. The summed E-state index contributed by atoms with van der Waals surface area (Å²) in [6, 6.07) is 0. The van der Waals surface area contributed by atoms with Gasteiger partial charge in [-0.2, -0.15) is 0 Å². The molecular weight excluding hydrogens is 801 g/mol. The van der Waals surface area contributed by atoms with Gasteiger partial charge < -0.3 is 62.7 Å². The average Bonchev–Trinajstić information content (AvgIpc) is 3.59. The number of allylic oxidation sites excluding steroid dienone is 2. The summed E-state index contributed by atoms with van der Waals surface area (Å²) in [4.78, 5) is 11.6. The Hall–Kier alpha value is -2.05. The lowest BCUT2D eigenvalue weighted by molar-refractivity contribution is -0.340. The Morgan fingerprint density at radius 2 is 1.74 bits per heavy atom. The predicted octanol–water partition coefficient (Wildman–Crippen LogP) is 5.99. The van der Waals surface area contributed by atoms with Gasteiger partial charge in [-0.3, -0.25) is 4.79 Å². The SMILES string of the molecule is CC[C@H](C)C1O[C@]2(CC[C@@H]1C)C[C@@H](OC=O)C[C@@H](C/C=C(\C)[C@@H](O[C@H]1C[C@H](OC)[C@@H](O[C@H]3C[C@H](OC)[C@@H](O)[C@H](C)O3)[C@H](C)O1)[C@@H](C)/C=C/C=C1\CO[C@@H]3[C@H](O)C(C)=CCC13O)O2. The number of carbonyl (C=O) groups is 1. The summed E-state index contributed by atoms with van der Waals surface area (Å²) in [5.74, 6) is -0.212. The summed E-state index contributed by atoms with van der Waals surface area (Å²) in [5.41, 5.74) is 1.21. The Morgan fingerprint density at radius 3 is 2.45 bits per heavy atom. The molecule has 6 aliphatic rings. The van der Waals surface area contributed by atoms with Crippen LogP contribution in [-0.4, -0.2) is 140 Å². The van der Waals surface area contributed by atoms with E-state index in [0.717, 1.165) is 30.4 Å². The van der Waals surface area contributed by atoms with Gasteiger partial charge in [0.05, 0.1) is 49.3 Å². The second kappa shape index (κ2) is 21.5. The third kappa shape index (κ3) is 11.1.